The van der Waals surface area contributed by atoms with Crippen molar-refractivity contribution in [1.29, 1.82) is 0 Å². The number of nitrogens with zero attached hydrogens (tertiary/aromatic N) is 2. The van der Waals surface area contributed by atoms with Crippen molar-refractivity contribution >= 4 is 22.6 Å². The van der Waals surface area contributed by atoms with Gasteiger partial charge in [0.15, 0.2) is 0 Å². The molecule has 1 heterocycles. The minimum Gasteiger partial charge on any atom is -0.326 e. The van der Waals surface area contributed by atoms with Gasteiger partial charge in [0.2, 0.25) is 5.91 Å². The molecule has 2 aromatic rings. The zero-order chi connectivity index (χ0) is 12.6. The van der Waals surface area contributed by atoms with Gasteiger partial charge in [-0.25, -0.2) is 9.97 Å². The number of carbonyl (C=O) groups is 1. The molecule has 0 saturated heterocycles. The molecule has 4 nitrogen and oxygen atoms in total. The molecular weight excluding hydrogens is 214 g/mol. The van der Waals surface area contributed by atoms with Crippen LogP contribution in [0, 0.1) is 20.8 Å². The molecule has 2 rings (SSSR count). The minimum absolute atomic E-state index is 0.0794. The van der Waals surface area contributed by atoms with Crippen LogP contribution in [0.4, 0.5) is 5.69 Å². The molecule has 0 aliphatic heterocycles. The van der Waals surface area contributed by atoms with Crippen LogP contribution in [-0.2, 0) is 4.79 Å². The molecule has 0 radical (unpaired) electrons. The number of hydrogen-bond donors (Lipinski definition) is 1. The number of nitrogens with one attached hydrogen (secondary N) is 1. The SMILES string of the molecule is CC(=O)Nc1cc2nc(C)c(C)nc2cc1C. The third-order valence-electron chi connectivity index (χ3n) is 2.73. The second kappa shape index (κ2) is 4.13. The first-order valence-corrected chi connectivity index (χ1v) is 5.50. The number of aromatic nitrogens is 2. The Labute approximate surface area is 100 Å². The van der Waals surface area contributed by atoms with Crippen LogP contribution in [0.3, 0.4) is 0 Å². The van der Waals surface area contributed by atoms with Crippen molar-refractivity contribution in [3.05, 3.63) is 29.1 Å². The molecule has 0 spiro atoms. The fraction of sp³-hybridized carbons (Fsp3) is 0.308. The summed E-state index contributed by atoms with van der Waals surface area (Å²) in [4.78, 5) is 20.0. The van der Waals surface area contributed by atoms with Gasteiger partial charge in [0.05, 0.1) is 22.4 Å². The summed E-state index contributed by atoms with van der Waals surface area (Å²) in [5, 5.41) is 2.79. The van der Waals surface area contributed by atoms with E-state index in [4.69, 9.17) is 0 Å². The average Bonchev–Trinajstić information content (AvgIpc) is 2.22. The topological polar surface area (TPSA) is 54.9 Å². The fourth-order valence-corrected chi connectivity index (χ4v) is 1.71. The van der Waals surface area contributed by atoms with Gasteiger partial charge < -0.3 is 5.32 Å². The van der Waals surface area contributed by atoms with Crippen molar-refractivity contribution in [2.24, 2.45) is 0 Å². The van der Waals surface area contributed by atoms with E-state index in [2.05, 4.69) is 15.3 Å². The van der Waals surface area contributed by atoms with Crippen molar-refractivity contribution in [2.45, 2.75) is 27.7 Å². The van der Waals surface area contributed by atoms with Crippen LogP contribution >= 0.6 is 0 Å². The highest BCUT2D eigenvalue weighted by molar-refractivity contribution is 5.92. The van der Waals surface area contributed by atoms with Gasteiger partial charge in [-0.15, -0.1) is 0 Å². The second-order valence-electron chi connectivity index (χ2n) is 4.23. The average molecular weight is 229 g/mol. The molecule has 88 valence electrons. The molecule has 0 atom stereocenters. The highest BCUT2D eigenvalue weighted by Gasteiger charge is 2.06. The summed E-state index contributed by atoms with van der Waals surface area (Å²) in [6.45, 7) is 7.32. The van der Waals surface area contributed by atoms with Crippen molar-refractivity contribution in [2.75, 3.05) is 5.32 Å². The first-order valence-electron chi connectivity index (χ1n) is 5.50. The summed E-state index contributed by atoms with van der Waals surface area (Å²) in [7, 11) is 0. The Morgan fingerprint density at radius 2 is 1.59 bits per heavy atom. The third kappa shape index (κ3) is 2.25. The van der Waals surface area contributed by atoms with Crippen molar-refractivity contribution in [3.63, 3.8) is 0 Å². The largest absolute Gasteiger partial charge is 0.326 e. The van der Waals surface area contributed by atoms with Gasteiger partial charge >= 0.3 is 0 Å². The third-order valence-corrected chi connectivity index (χ3v) is 2.73. The van der Waals surface area contributed by atoms with Gasteiger partial charge in [-0.1, -0.05) is 0 Å². The van der Waals surface area contributed by atoms with E-state index in [0.717, 1.165) is 33.7 Å². The number of aryl methyl sites for hydroxylation is 3. The molecule has 0 fully saturated rings. The predicted octanol–water partition coefficient (Wildman–Crippen LogP) is 2.51. The molecule has 4 heteroatoms. The van der Waals surface area contributed by atoms with Gasteiger partial charge in [-0.3, -0.25) is 4.79 Å². The Bertz CT molecular complexity index is 605. The van der Waals surface area contributed by atoms with Crippen LogP contribution in [-0.4, -0.2) is 15.9 Å². The van der Waals surface area contributed by atoms with Gasteiger partial charge in [0.1, 0.15) is 0 Å². The molecule has 0 bridgehead atoms. The summed E-state index contributed by atoms with van der Waals surface area (Å²) in [6.07, 6.45) is 0. The van der Waals surface area contributed by atoms with Crippen molar-refractivity contribution in [3.8, 4) is 0 Å². The maximum absolute atomic E-state index is 11.1. The molecule has 1 aromatic heterocycles. The first-order chi connectivity index (χ1) is 7.97. The molecule has 0 unspecified atom stereocenters. The quantitative estimate of drug-likeness (QED) is 0.817. The van der Waals surface area contributed by atoms with Gasteiger partial charge in [0.25, 0.3) is 0 Å². The van der Waals surface area contributed by atoms with Crippen LogP contribution in [0.25, 0.3) is 11.0 Å². The summed E-state index contributed by atoms with van der Waals surface area (Å²) in [5.74, 6) is -0.0794. The van der Waals surface area contributed by atoms with Gasteiger partial charge in [-0.05, 0) is 38.5 Å². The van der Waals surface area contributed by atoms with E-state index in [1.165, 1.54) is 6.92 Å². The molecule has 0 aliphatic carbocycles. The van der Waals surface area contributed by atoms with Crippen LogP contribution in [0.1, 0.15) is 23.9 Å². The number of hydrogen-bond acceptors (Lipinski definition) is 3. The molecule has 1 N–H and O–H groups in total. The first kappa shape index (κ1) is 11.5. The highest BCUT2D eigenvalue weighted by Crippen LogP contribution is 2.22. The number of benzene rings is 1. The van der Waals surface area contributed by atoms with Crippen LogP contribution < -0.4 is 5.32 Å². The second-order valence-corrected chi connectivity index (χ2v) is 4.23. The lowest BCUT2D eigenvalue weighted by molar-refractivity contribution is -0.114. The summed E-state index contributed by atoms with van der Waals surface area (Å²) < 4.78 is 0. The van der Waals surface area contributed by atoms with E-state index in [1.54, 1.807) is 0 Å². The number of amides is 1. The maximum Gasteiger partial charge on any atom is 0.221 e. The Balaban J connectivity index is 2.63. The minimum atomic E-state index is -0.0794. The van der Waals surface area contributed by atoms with E-state index in [9.17, 15) is 4.79 Å². The Kier molecular flexibility index (Phi) is 2.79. The number of rotatable bonds is 1. The zero-order valence-electron chi connectivity index (χ0n) is 10.5. The van der Waals surface area contributed by atoms with Crippen LogP contribution in [0.2, 0.25) is 0 Å². The highest BCUT2D eigenvalue weighted by atomic mass is 16.1. The monoisotopic (exact) mass is 229 g/mol. The van der Waals surface area contributed by atoms with E-state index >= 15 is 0 Å². The zero-order valence-corrected chi connectivity index (χ0v) is 10.5. The smallest absolute Gasteiger partial charge is 0.221 e. The summed E-state index contributed by atoms with van der Waals surface area (Å²) >= 11 is 0. The number of fused-ring (bicyclic) bond motifs is 1. The fourth-order valence-electron chi connectivity index (χ4n) is 1.71. The normalized spacial score (nSPS) is 10.6. The lowest BCUT2D eigenvalue weighted by Gasteiger charge is -2.09. The Morgan fingerprint density at radius 3 is 2.12 bits per heavy atom. The number of carbonyl (C=O) groups excluding carboxylic acids is 1. The maximum atomic E-state index is 11.1. The molecular formula is C13H15N3O. The Morgan fingerprint density at radius 1 is 1.06 bits per heavy atom. The molecule has 1 aromatic carbocycles. The van der Waals surface area contributed by atoms with E-state index in [-0.39, 0.29) is 5.91 Å². The van der Waals surface area contributed by atoms with Crippen LogP contribution in [0.5, 0.6) is 0 Å². The lowest BCUT2D eigenvalue weighted by Crippen LogP contribution is -2.07. The molecule has 0 saturated carbocycles. The summed E-state index contributed by atoms with van der Waals surface area (Å²) in [5.41, 5.74) is 5.30. The van der Waals surface area contributed by atoms with E-state index < -0.39 is 0 Å². The van der Waals surface area contributed by atoms with Crippen LogP contribution in [0.15, 0.2) is 12.1 Å². The van der Waals surface area contributed by atoms with Gasteiger partial charge in [0, 0.05) is 12.6 Å². The standard InChI is InChI=1S/C13H15N3O/c1-7-5-12-13(6-11(7)16-10(4)17)15-9(3)8(2)14-12/h5-6H,1-4H3,(H,16,17). The van der Waals surface area contributed by atoms with E-state index in [1.807, 2.05) is 32.9 Å². The summed E-state index contributed by atoms with van der Waals surface area (Å²) in [6, 6.07) is 3.81. The predicted molar refractivity (Wildman–Crippen MR) is 68.1 cm³/mol. The number of anilines is 1. The molecule has 1 amide bonds. The van der Waals surface area contributed by atoms with E-state index in [0.29, 0.717) is 0 Å². The van der Waals surface area contributed by atoms with Gasteiger partial charge in [-0.2, -0.15) is 0 Å². The lowest BCUT2D eigenvalue weighted by atomic mass is 10.1. The Hall–Kier alpha value is -1.97. The van der Waals surface area contributed by atoms with Crippen molar-refractivity contribution in [1.82, 2.24) is 9.97 Å². The molecule has 17 heavy (non-hydrogen) atoms. The molecule has 0 aliphatic rings. The van der Waals surface area contributed by atoms with Crippen molar-refractivity contribution < 1.29 is 4.79 Å².